The molecule has 1 aliphatic rings. The lowest BCUT2D eigenvalue weighted by atomic mass is 9.98. The van der Waals surface area contributed by atoms with E-state index in [9.17, 15) is 4.39 Å². The van der Waals surface area contributed by atoms with Crippen LogP contribution in [0.1, 0.15) is 44.2 Å². The third-order valence-electron chi connectivity index (χ3n) is 3.32. The molecule has 0 radical (unpaired) electrons. The number of hydrogen-bond acceptors (Lipinski definition) is 1. The highest BCUT2D eigenvalue weighted by molar-refractivity contribution is 6.30. The molecule has 0 spiro atoms. The summed E-state index contributed by atoms with van der Waals surface area (Å²) in [4.78, 5) is 0. The van der Waals surface area contributed by atoms with Gasteiger partial charge in [-0.1, -0.05) is 36.2 Å². The van der Waals surface area contributed by atoms with Crippen molar-refractivity contribution in [2.45, 2.75) is 38.6 Å². The maximum absolute atomic E-state index is 13.2. The van der Waals surface area contributed by atoms with E-state index in [0.717, 1.165) is 31.4 Å². The predicted molar refractivity (Wildman–Crippen MR) is 74.4 cm³/mol. The second-order valence-electron chi connectivity index (χ2n) is 4.73. The van der Waals surface area contributed by atoms with Gasteiger partial charge in [0.15, 0.2) is 0 Å². The molecule has 0 fully saturated rings. The number of allylic oxidation sites excluding steroid dienone is 1. The van der Waals surface area contributed by atoms with Crippen LogP contribution in [0.5, 0.6) is 0 Å². The lowest BCUT2D eigenvalue weighted by molar-refractivity contribution is 0.575. The van der Waals surface area contributed by atoms with Gasteiger partial charge in [-0.15, -0.1) is 0 Å². The molecule has 98 valence electrons. The van der Waals surface area contributed by atoms with Gasteiger partial charge in [0.1, 0.15) is 5.82 Å². The van der Waals surface area contributed by atoms with E-state index in [1.54, 1.807) is 6.07 Å². The Morgan fingerprint density at radius 3 is 2.89 bits per heavy atom. The topological polar surface area (TPSA) is 12.0 Å². The fourth-order valence-corrected chi connectivity index (χ4v) is 2.59. The summed E-state index contributed by atoms with van der Waals surface area (Å²) in [5, 5.41) is 3.73. The molecule has 0 saturated heterocycles. The summed E-state index contributed by atoms with van der Waals surface area (Å²) in [7, 11) is 0. The van der Waals surface area contributed by atoms with Crippen molar-refractivity contribution in [1.29, 1.82) is 0 Å². The Labute approximate surface area is 113 Å². The smallest absolute Gasteiger partial charge is 0.141 e. The van der Waals surface area contributed by atoms with E-state index in [1.165, 1.54) is 18.1 Å². The van der Waals surface area contributed by atoms with E-state index in [2.05, 4.69) is 18.3 Å². The van der Waals surface area contributed by atoms with Crippen LogP contribution >= 0.6 is 11.6 Å². The Morgan fingerprint density at radius 2 is 2.28 bits per heavy atom. The van der Waals surface area contributed by atoms with Crippen molar-refractivity contribution in [2.24, 2.45) is 0 Å². The SMILES string of the molecule is CCCNC(C1=CCCC1)c1ccc(F)c(Cl)c1. The van der Waals surface area contributed by atoms with Crippen molar-refractivity contribution in [3.8, 4) is 0 Å². The zero-order valence-electron chi connectivity index (χ0n) is 10.7. The average Bonchev–Trinajstić information content (AvgIpc) is 2.88. The zero-order chi connectivity index (χ0) is 13.0. The molecule has 0 amide bonds. The Morgan fingerprint density at radius 1 is 1.44 bits per heavy atom. The molecule has 18 heavy (non-hydrogen) atoms. The molecule has 0 bridgehead atoms. The van der Waals surface area contributed by atoms with Crippen LogP contribution in [0, 0.1) is 5.82 Å². The van der Waals surface area contributed by atoms with Crippen molar-refractivity contribution < 1.29 is 4.39 Å². The Balaban J connectivity index is 2.23. The highest BCUT2D eigenvalue weighted by Crippen LogP contribution is 2.32. The lowest BCUT2D eigenvalue weighted by Gasteiger charge is -2.21. The van der Waals surface area contributed by atoms with Crippen LogP contribution in [-0.4, -0.2) is 6.54 Å². The van der Waals surface area contributed by atoms with Crippen LogP contribution in [0.2, 0.25) is 5.02 Å². The largest absolute Gasteiger partial charge is 0.307 e. The minimum Gasteiger partial charge on any atom is -0.307 e. The third-order valence-corrected chi connectivity index (χ3v) is 3.61. The fraction of sp³-hybridized carbons (Fsp3) is 0.467. The summed E-state index contributed by atoms with van der Waals surface area (Å²) in [5.41, 5.74) is 2.47. The first-order chi connectivity index (χ1) is 8.72. The highest BCUT2D eigenvalue weighted by atomic mass is 35.5. The molecule has 0 aliphatic heterocycles. The minimum absolute atomic E-state index is 0.186. The molecule has 3 heteroatoms. The van der Waals surface area contributed by atoms with Crippen LogP contribution < -0.4 is 5.32 Å². The lowest BCUT2D eigenvalue weighted by Crippen LogP contribution is -2.23. The van der Waals surface area contributed by atoms with Gasteiger partial charge in [-0.25, -0.2) is 4.39 Å². The molecule has 1 unspecified atom stereocenters. The van der Waals surface area contributed by atoms with Gasteiger partial charge in [0, 0.05) is 0 Å². The maximum atomic E-state index is 13.2. The Kier molecular flexibility index (Phi) is 4.79. The predicted octanol–water partition coefficient (Wildman–Crippen LogP) is 4.63. The standard InChI is InChI=1S/C15H19ClFN/c1-2-9-18-15(11-5-3-4-6-11)12-7-8-14(17)13(16)10-12/h5,7-8,10,15,18H,2-4,6,9H2,1H3. The molecule has 1 aromatic rings. The molecule has 2 rings (SSSR count). The van der Waals surface area contributed by atoms with Crippen molar-refractivity contribution in [1.82, 2.24) is 5.32 Å². The molecular formula is C15H19ClFN. The maximum Gasteiger partial charge on any atom is 0.141 e. The quantitative estimate of drug-likeness (QED) is 0.767. The summed E-state index contributed by atoms with van der Waals surface area (Å²) < 4.78 is 13.2. The highest BCUT2D eigenvalue weighted by Gasteiger charge is 2.19. The van der Waals surface area contributed by atoms with Crippen LogP contribution in [0.25, 0.3) is 0 Å². The molecular weight excluding hydrogens is 249 g/mol. The molecule has 1 N–H and O–H groups in total. The average molecular weight is 268 g/mol. The van der Waals surface area contributed by atoms with E-state index in [-0.39, 0.29) is 16.9 Å². The van der Waals surface area contributed by atoms with Crippen LogP contribution in [-0.2, 0) is 0 Å². The molecule has 1 nitrogen and oxygen atoms in total. The van der Waals surface area contributed by atoms with Gasteiger partial charge in [-0.2, -0.15) is 0 Å². The number of nitrogens with one attached hydrogen (secondary N) is 1. The van der Waals surface area contributed by atoms with Crippen molar-refractivity contribution in [3.05, 3.63) is 46.3 Å². The van der Waals surface area contributed by atoms with E-state index < -0.39 is 0 Å². The number of rotatable bonds is 5. The molecule has 1 aliphatic carbocycles. The van der Waals surface area contributed by atoms with Crippen LogP contribution in [0.4, 0.5) is 4.39 Å². The van der Waals surface area contributed by atoms with Crippen molar-refractivity contribution in [3.63, 3.8) is 0 Å². The molecule has 0 aromatic heterocycles. The van der Waals surface area contributed by atoms with Gasteiger partial charge in [0.25, 0.3) is 0 Å². The van der Waals surface area contributed by atoms with Crippen molar-refractivity contribution in [2.75, 3.05) is 6.54 Å². The van der Waals surface area contributed by atoms with Gasteiger partial charge >= 0.3 is 0 Å². The monoisotopic (exact) mass is 267 g/mol. The summed E-state index contributed by atoms with van der Waals surface area (Å²) in [5.74, 6) is -0.352. The second-order valence-corrected chi connectivity index (χ2v) is 5.14. The fourth-order valence-electron chi connectivity index (χ4n) is 2.40. The van der Waals surface area contributed by atoms with Gasteiger partial charge in [0.05, 0.1) is 11.1 Å². The van der Waals surface area contributed by atoms with E-state index >= 15 is 0 Å². The normalized spacial score (nSPS) is 16.7. The summed E-state index contributed by atoms with van der Waals surface area (Å²) >= 11 is 5.88. The number of halogens is 2. The second kappa shape index (κ2) is 6.35. The van der Waals surface area contributed by atoms with Gasteiger partial charge < -0.3 is 5.32 Å². The number of benzene rings is 1. The van der Waals surface area contributed by atoms with E-state index in [4.69, 9.17) is 11.6 Å². The van der Waals surface area contributed by atoms with E-state index in [0.29, 0.717) is 0 Å². The molecule has 0 saturated carbocycles. The summed E-state index contributed by atoms with van der Waals surface area (Å²) in [6.07, 6.45) is 6.86. The van der Waals surface area contributed by atoms with Crippen molar-refractivity contribution >= 4 is 11.6 Å². The Hall–Kier alpha value is -0.860. The van der Waals surface area contributed by atoms with Gasteiger partial charge in [0.2, 0.25) is 0 Å². The number of hydrogen-bond donors (Lipinski definition) is 1. The van der Waals surface area contributed by atoms with E-state index in [1.807, 2.05) is 6.07 Å². The summed E-state index contributed by atoms with van der Waals surface area (Å²) in [6, 6.07) is 5.20. The van der Waals surface area contributed by atoms with Crippen LogP contribution in [0.3, 0.4) is 0 Å². The van der Waals surface area contributed by atoms with Gasteiger partial charge in [-0.3, -0.25) is 0 Å². The molecule has 0 heterocycles. The van der Waals surface area contributed by atoms with Crippen LogP contribution in [0.15, 0.2) is 29.8 Å². The first-order valence-corrected chi connectivity index (χ1v) is 6.97. The summed E-state index contributed by atoms with van der Waals surface area (Å²) in [6.45, 7) is 3.10. The zero-order valence-corrected chi connectivity index (χ0v) is 11.4. The van der Waals surface area contributed by atoms with Gasteiger partial charge in [-0.05, 0) is 49.9 Å². The molecule has 1 atom stereocenters. The Bertz CT molecular complexity index is 442. The molecule has 1 aromatic carbocycles. The minimum atomic E-state index is -0.352. The third kappa shape index (κ3) is 3.12. The first-order valence-electron chi connectivity index (χ1n) is 6.59. The first kappa shape index (κ1) is 13.6.